The highest BCUT2D eigenvalue weighted by atomic mass is 32.3. The number of hydrogen-bond acceptors (Lipinski definition) is 4. The molecular weight excluding hydrogens is 122 g/mol. The Bertz CT molecular complexity index is 99.2. The lowest BCUT2D eigenvalue weighted by molar-refractivity contribution is 0.366. The lowest BCUT2D eigenvalue weighted by Crippen LogP contribution is -1.90. The van der Waals surface area contributed by atoms with Crippen LogP contribution in [-0.2, 0) is 10.4 Å². The van der Waals surface area contributed by atoms with E-state index in [1.807, 2.05) is 0 Å². The molecule has 0 saturated carbocycles. The van der Waals surface area contributed by atoms with Crippen LogP contribution in [0.4, 0.5) is 0 Å². The zero-order valence-electron chi connectivity index (χ0n) is 4.66. The summed E-state index contributed by atoms with van der Waals surface area (Å²) in [5, 5.41) is 0. The second kappa shape index (κ2) is 4.00. The van der Waals surface area contributed by atoms with Crippen molar-refractivity contribution in [3.05, 3.63) is 0 Å². The molecule has 0 rings (SSSR count). The van der Waals surface area contributed by atoms with Gasteiger partial charge in [-0.1, -0.05) is 0 Å². The monoisotopic (exact) mass is 129 g/mol. The van der Waals surface area contributed by atoms with Gasteiger partial charge in [0, 0.05) is 0 Å². The van der Waals surface area contributed by atoms with Crippen molar-refractivity contribution in [2.24, 2.45) is 5.73 Å². The highest BCUT2D eigenvalue weighted by Gasteiger charge is 1.67. The van der Waals surface area contributed by atoms with Crippen LogP contribution in [0.3, 0.4) is 0 Å². The Morgan fingerprint density at radius 2 is 1.71 bits per heavy atom. The van der Waals surface area contributed by atoms with Crippen molar-refractivity contribution in [3.63, 3.8) is 0 Å². The summed E-state index contributed by atoms with van der Waals surface area (Å²) < 4.78 is 32.8. The van der Waals surface area contributed by atoms with E-state index in [1.54, 1.807) is 0 Å². The lowest BCUT2D eigenvalue weighted by Gasteiger charge is -1.88. The van der Waals surface area contributed by atoms with Gasteiger partial charge in [0.15, 0.2) is 0 Å². The molecule has 0 aromatic carbocycles. The summed E-state index contributed by atoms with van der Waals surface area (Å²) >= 11 is 0. The third kappa shape index (κ3) is 2960. The number of nitrogens with two attached hydrogens (primary N) is 1. The van der Waals surface area contributed by atoms with Crippen LogP contribution in [0.1, 0.15) is 1.43 Å². The molecule has 0 aromatic rings. The van der Waals surface area contributed by atoms with Crippen LogP contribution < -0.4 is 5.73 Å². The Morgan fingerprint density at radius 1 is 1.71 bits per heavy atom. The summed E-state index contributed by atoms with van der Waals surface area (Å²) in [4.78, 5) is 0. The van der Waals surface area contributed by atoms with E-state index in [0.29, 0.717) is 0 Å². The van der Waals surface area contributed by atoms with Gasteiger partial charge in [0.2, 0.25) is 10.4 Å². The Morgan fingerprint density at radius 3 is 1.71 bits per heavy atom. The molecule has 0 heterocycles. The topological polar surface area (TPSA) is 103 Å². The fourth-order valence-corrected chi connectivity index (χ4v) is 0. The fourth-order valence-electron chi connectivity index (χ4n) is 0. The van der Waals surface area contributed by atoms with Crippen molar-refractivity contribution >= 4 is 10.4 Å². The van der Waals surface area contributed by atoms with Gasteiger partial charge in [-0.2, -0.15) is 0 Å². The summed E-state index contributed by atoms with van der Waals surface area (Å²) in [6.07, 6.45) is 0. The van der Waals surface area contributed by atoms with Crippen molar-refractivity contribution in [3.8, 4) is 0 Å². The Kier molecular flexibility index (Phi) is 5.69. The first-order valence-corrected chi connectivity index (χ1v) is 2.63. The molecule has 6 heteroatoms. The van der Waals surface area contributed by atoms with Crippen LogP contribution >= 0.6 is 0 Å². The Balaban J connectivity index is -0.0000000750. The van der Waals surface area contributed by atoms with Crippen LogP contribution in [-0.4, -0.2) is 24.6 Å². The maximum atomic E-state index is 8.63. The third-order valence-electron chi connectivity index (χ3n) is 0. The van der Waals surface area contributed by atoms with Crippen molar-refractivity contribution in [1.82, 2.24) is 0 Å². The molecule has 0 aliphatic rings. The van der Waals surface area contributed by atoms with Gasteiger partial charge in [-0.25, -0.2) is 8.42 Å². The molecule has 3 N–H and O–H groups in total. The van der Waals surface area contributed by atoms with Gasteiger partial charge in [-0.3, -0.25) is 4.55 Å². The van der Waals surface area contributed by atoms with E-state index in [2.05, 4.69) is 5.73 Å². The summed E-state index contributed by atoms with van der Waals surface area (Å²) in [6.45, 7) is 0. The molecule has 46 valence electrons. The molecule has 5 nitrogen and oxygen atoms in total. The fraction of sp³-hybridized carbons (Fsp3) is 1.00. The molecular formula is CH7NO4S. The van der Waals surface area contributed by atoms with Gasteiger partial charge < -0.3 is 10.3 Å². The van der Waals surface area contributed by atoms with E-state index >= 15 is 0 Å². The molecule has 0 aromatic heterocycles. The second-order valence-electron chi connectivity index (χ2n) is 0.428. The first-order valence-electron chi connectivity index (χ1n) is 1.26. The van der Waals surface area contributed by atoms with Crippen molar-refractivity contribution in [2.45, 2.75) is 0 Å². The molecule has 0 amide bonds. The minimum absolute atomic E-state index is 0. The average molecular weight is 129 g/mol. The zero-order chi connectivity index (χ0) is 6.50. The largest absolute Gasteiger partial charge is 1.00 e. The molecule has 0 radical (unpaired) electrons. The van der Waals surface area contributed by atoms with E-state index in [0.717, 1.165) is 0 Å². The van der Waals surface area contributed by atoms with Gasteiger partial charge in [0.05, 0.1) is 0 Å². The van der Waals surface area contributed by atoms with Crippen LogP contribution in [0.25, 0.3) is 0 Å². The van der Waals surface area contributed by atoms with Crippen LogP contribution in [0, 0.1) is 0 Å². The Hall–Kier alpha value is -0.170. The molecule has 0 bridgehead atoms. The van der Waals surface area contributed by atoms with Crippen LogP contribution in [0.2, 0.25) is 0 Å². The summed E-state index contributed by atoms with van der Waals surface area (Å²) in [5.41, 5.74) is 4.50. The summed E-state index contributed by atoms with van der Waals surface area (Å²) in [5.74, 6) is 0. The van der Waals surface area contributed by atoms with Gasteiger partial charge in [-0.05, 0) is 7.05 Å². The molecule has 0 aliphatic carbocycles. The molecule has 0 saturated heterocycles. The lowest BCUT2D eigenvalue weighted by atomic mass is 11.6. The smallest absolute Gasteiger partial charge is 0.726 e. The minimum atomic E-state index is -4.92. The SMILES string of the molecule is CN.O=S(=O)([O-])O.[H+]. The van der Waals surface area contributed by atoms with E-state index in [1.165, 1.54) is 7.05 Å². The predicted octanol–water partition coefficient (Wildman–Crippen LogP) is -1.31. The molecule has 0 atom stereocenters. The molecule has 0 aliphatic heterocycles. The van der Waals surface area contributed by atoms with Gasteiger partial charge in [0.1, 0.15) is 0 Å². The van der Waals surface area contributed by atoms with Gasteiger partial charge in [-0.15, -0.1) is 0 Å². The first-order chi connectivity index (χ1) is 3.00. The minimum Gasteiger partial charge on any atom is -0.726 e. The normalized spacial score (nSPS) is 9.14. The van der Waals surface area contributed by atoms with Crippen LogP contribution in [0.5, 0.6) is 0 Å². The van der Waals surface area contributed by atoms with E-state index in [-0.39, 0.29) is 1.43 Å². The van der Waals surface area contributed by atoms with Gasteiger partial charge >= 0.3 is 1.43 Å². The standard InChI is InChI=1S/CH5N.H2O4S/c1-2;1-5(2,3)4/h2H2,1H3;(H2,1,2,3,4). The Labute approximate surface area is 43.2 Å². The van der Waals surface area contributed by atoms with Gasteiger partial charge in [0.25, 0.3) is 0 Å². The van der Waals surface area contributed by atoms with Crippen LogP contribution in [0.15, 0.2) is 0 Å². The highest BCUT2D eigenvalue weighted by Crippen LogP contribution is 1.58. The summed E-state index contributed by atoms with van der Waals surface area (Å²) in [6, 6.07) is 0. The number of hydrogen-bond donors (Lipinski definition) is 2. The van der Waals surface area contributed by atoms with Crippen molar-refractivity contribution in [1.29, 1.82) is 0 Å². The third-order valence-corrected chi connectivity index (χ3v) is 0. The highest BCUT2D eigenvalue weighted by molar-refractivity contribution is 7.79. The average Bonchev–Trinajstić information content (AvgIpc) is 1.36. The maximum Gasteiger partial charge on any atom is 1.00 e. The maximum absolute atomic E-state index is 8.63. The summed E-state index contributed by atoms with van der Waals surface area (Å²) in [7, 11) is -3.42. The van der Waals surface area contributed by atoms with E-state index in [4.69, 9.17) is 17.5 Å². The first kappa shape index (κ1) is 9.95. The number of rotatable bonds is 0. The molecule has 0 spiro atoms. The predicted molar refractivity (Wildman–Crippen MR) is 23.5 cm³/mol. The molecule has 0 unspecified atom stereocenters. The zero-order valence-corrected chi connectivity index (χ0v) is 4.47. The van der Waals surface area contributed by atoms with E-state index in [9.17, 15) is 0 Å². The molecule has 0 fully saturated rings. The second-order valence-corrected chi connectivity index (χ2v) is 1.28. The molecule has 7 heavy (non-hydrogen) atoms. The van der Waals surface area contributed by atoms with Crippen molar-refractivity contribution in [2.75, 3.05) is 7.05 Å². The van der Waals surface area contributed by atoms with Crippen molar-refractivity contribution < 1.29 is 18.9 Å². The quantitative estimate of drug-likeness (QED) is 0.312. The van der Waals surface area contributed by atoms with E-state index < -0.39 is 10.4 Å².